The molecule has 0 radical (unpaired) electrons. The molecule has 0 saturated carbocycles. The lowest BCUT2D eigenvalue weighted by Crippen LogP contribution is -2.53. The van der Waals surface area contributed by atoms with Gasteiger partial charge in [-0.3, -0.25) is 14.4 Å². The predicted molar refractivity (Wildman–Crippen MR) is 75.3 cm³/mol. The van der Waals surface area contributed by atoms with E-state index in [1.165, 1.54) is 16.7 Å². The Balaban J connectivity index is 2.15. The number of aromatic nitrogens is 2. The summed E-state index contributed by atoms with van der Waals surface area (Å²) in [5.74, 6) is -1.06. The van der Waals surface area contributed by atoms with Gasteiger partial charge >= 0.3 is 5.97 Å². The molecule has 0 spiro atoms. The van der Waals surface area contributed by atoms with Crippen LogP contribution in [0.15, 0.2) is 17.3 Å². The van der Waals surface area contributed by atoms with Crippen molar-refractivity contribution < 1.29 is 18.3 Å². The van der Waals surface area contributed by atoms with Crippen LogP contribution in [0, 0.1) is 0 Å². The molecule has 1 fully saturated rings. The zero-order valence-corrected chi connectivity index (χ0v) is 13.0. The van der Waals surface area contributed by atoms with Gasteiger partial charge in [-0.2, -0.15) is 9.40 Å². The van der Waals surface area contributed by atoms with Crippen LogP contribution in [0.5, 0.6) is 0 Å². The molecule has 1 saturated heterocycles. The standard InChI is InChI=1S/C12H20N4O4S/c1-3-14-4-5-16(7-10(14)2)21(19,20)11-6-13-15(8-11)9-12(17)18/h6,8,10H,3-5,7,9H2,1-2H3,(H,17,18). The second kappa shape index (κ2) is 6.12. The van der Waals surface area contributed by atoms with Crippen molar-refractivity contribution in [3.63, 3.8) is 0 Å². The summed E-state index contributed by atoms with van der Waals surface area (Å²) in [5.41, 5.74) is 0. The summed E-state index contributed by atoms with van der Waals surface area (Å²) >= 11 is 0. The Morgan fingerprint density at radius 1 is 1.48 bits per heavy atom. The minimum absolute atomic E-state index is 0.0425. The molecule has 1 aliphatic rings. The van der Waals surface area contributed by atoms with E-state index in [0.29, 0.717) is 19.6 Å². The molecule has 21 heavy (non-hydrogen) atoms. The Morgan fingerprint density at radius 2 is 2.19 bits per heavy atom. The molecular weight excluding hydrogens is 296 g/mol. The summed E-state index contributed by atoms with van der Waals surface area (Å²) in [6, 6.07) is 0.160. The van der Waals surface area contributed by atoms with E-state index in [-0.39, 0.29) is 17.5 Å². The molecule has 1 unspecified atom stereocenters. The van der Waals surface area contributed by atoms with Crippen molar-refractivity contribution in [3.8, 4) is 0 Å². The second-order valence-electron chi connectivity index (χ2n) is 5.11. The number of hydrogen-bond acceptors (Lipinski definition) is 5. The third kappa shape index (κ3) is 3.42. The highest BCUT2D eigenvalue weighted by Crippen LogP contribution is 2.19. The second-order valence-corrected chi connectivity index (χ2v) is 7.05. The van der Waals surface area contributed by atoms with Crippen molar-refractivity contribution >= 4 is 16.0 Å². The number of carboxylic acid groups (broad SMARTS) is 1. The molecule has 1 atom stereocenters. The van der Waals surface area contributed by atoms with Crippen molar-refractivity contribution in [2.24, 2.45) is 0 Å². The first kappa shape index (κ1) is 15.9. The molecule has 0 aliphatic carbocycles. The SMILES string of the molecule is CCN1CCN(S(=O)(=O)c2cnn(CC(=O)O)c2)CC1C. The molecular formula is C12H20N4O4S. The van der Waals surface area contributed by atoms with Crippen LogP contribution in [-0.2, 0) is 21.4 Å². The minimum Gasteiger partial charge on any atom is -0.480 e. The van der Waals surface area contributed by atoms with Gasteiger partial charge in [0.2, 0.25) is 10.0 Å². The van der Waals surface area contributed by atoms with Gasteiger partial charge in [0.05, 0.1) is 6.20 Å². The van der Waals surface area contributed by atoms with Crippen LogP contribution < -0.4 is 0 Å². The number of piperazine rings is 1. The molecule has 0 bridgehead atoms. The largest absolute Gasteiger partial charge is 0.480 e. The molecule has 1 aromatic rings. The summed E-state index contributed by atoms with van der Waals surface area (Å²) in [5, 5.41) is 12.5. The topological polar surface area (TPSA) is 95.7 Å². The summed E-state index contributed by atoms with van der Waals surface area (Å²) in [4.78, 5) is 12.9. The fraction of sp³-hybridized carbons (Fsp3) is 0.667. The van der Waals surface area contributed by atoms with Gasteiger partial charge in [0, 0.05) is 31.9 Å². The summed E-state index contributed by atoms with van der Waals surface area (Å²) in [6.07, 6.45) is 2.47. The first-order valence-corrected chi connectivity index (χ1v) is 8.27. The quantitative estimate of drug-likeness (QED) is 0.800. The lowest BCUT2D eigenvalue weighted by Gasteiger charge is -2.38. The Bertz CT molecular complexity index is 613. The van der Waals surface area contributed by atoms with Gasteiger partial charge in [-0.1, -0.05) is 6.92 Å². The molecule has 1 N–H and O–H groups in total. The molecule has 118 valence electrons. The predicted octanol–water partition coefficient (Wildman–Crippen LogP) is -0.318. The highest BCUT2D eigenvalue weighted by atomic mass is 32.2. The molecule has 0 amide bonds. The summed E-state index contributed by atoms with van der Waals surface area (Å²) in [6.45, 7) is 6.15. The first-order chi connectivity index (χ1) is 9.84. The fourth-order valence-corrected chi connectivity index (χ4v) is 3.97. The van der Waals surface area contributed by atoms with E-state index < -0.39 is 16.0 Å². The smallest absolute Gasteiger partial charge is 0.325 e. The van der Waals surface area contributed by atoms with E-state index in [1.54, 1.807) is 0 Å². The van der Waals surface area contributed by atoms with Crippen LogP contribution in [0.25, 0.3) is 0 Å². The van der Waals surface area contributed by atoms with Crippen molar-refractivity contribution in [2.45, 2.75) is 31.3 Å². The number of carbonyl (C=O) groups is 1. The Labute approximate surface area is 124 Å². The average Bonchev–Trinajstić information content (AvgIpc) is 2.87. The molecule has 1 aliphatic heterocycles. The monoisotopic (exact) mass is 316 g/mol. The van der Waals surface area contributed by atoms with Crippen molar-refractivity contribution in [2.75, 3.05) is 26.2 Å². The number of likely N-dealkylation sites (N-methyl/N-ethyl adjacent to an activating group) is 1. The number of rotatable bonds is 5. The van der Waals surface area contributed by atoms with Gasteiger partial charge in [0.15, 0.2) is 0 Å². The molecule has 2 heterocycles. The van der Waals surface area contributed by atoms with Crippen LogP contribution >= 0.6 is 0 Å². The van der Waals surface area contributed by atoms with Crippen molar-refractivity contribution in [3.05, 3.63) is 12.4 Å². The summed E-state index contributed by atoms with van der Waals surface area (Å²) in [7, 11) is -3.61. The Morgan fingerprint density at radius 3 is 2.76 bits per heavy atom. The van der Waals surface area contributed by atoms with E-state index in [2.05, 4.69) is 16.9 Å². The van der Waals surface area contributed by atoms with E-state index >= 15 is 0 Å². The Hall–Kier alpha value is -1.45. The van der Waals surface area contributed by atoms with E-state index in [9.17, 15) is 13.2 Å². The maximum Gasteiger partial charge on any atom is 0.325 e. The highest BCUT2D eigenvalue weighted by molar-refractivity contribution is 7.89. The molecule has 9 heteroatoms. The van der Waals surface area contributed by atoms with Crippen molar-refractivity contribution in [1.29, 1.82) is 0 Å². The highest BCUT2D eigenvalue weighted by Gasteiger charge is 2.32. The lowest BCUT2D eigenvalue weighted by atomic mass is 10.2. The summed E-state index contributed by atoms with van der Waals surface area (Å²) < 4.78 is 27.6. The average molecular weight is 316 g/mol. The molecule has 1 aromatic heterocycles. The van der Waals surface area contributed by atoms with E-state index in [1.807, 2.05) is 6.92 Å². The maximum atomic E-state index is 12.5. The number of sulfonamides is 1. The fourth-order valence-electron chi connectivity index (χ4n) is 2.50. The van der Waals surface area contributed by atoms with Gasteiger partial charge in [0.25, 0.3) is 0 Å². The van der Waals surface area contributed by atoms with Gasteiger partial charge < -0.3 is 5.11 Å². The first-order valence-electron chi connectivity index (χ1n) is 6.83. The van der Waals surface area contributed by atoms with E-state index in [0.717, 1.165) is 11.2 Å². The van der Waals surface area contributed by atoms with Gasteiger partial charge in [-0.25, -0.2) is 8.42 Å². The zero-order chi connectivity index (χ0) is 15.6. The van der Waals surface area contributed by atoms with Crippen LogP contribution in [-0.4, -0.2) is 70.7 Å². The number of aliphatic carboxylic acids is 1. The third-order valence-corrected chi connectivity index (χ3v) is 5.50. The van der Waals surface area contributed by atoms with Crippen LogP contribution in [0.3, 0.4) is 0 Å². The molecule has 8 nitrogen and oxygen atoms in total. The number of carboxylic acids is 1. The van der Waals surface area contributed by atoms with Crippen LogP contribution in [0.2, 0.25) is 0 Å². The zero-order valence-electron chi connectivity index (χ0n) is 12.1. The number of hydrogen-bond donors (Lipinski definition) is 1. The van der Waals surface area contributed by atoms with Crippen molar-refractivity contribution in [1.82, 2.24) is 19.0 Å². The number of nitrogens with zero attached hydrogens (tertiary/aromatic N) is 4. The van der Waals surface area contributed by atoms with Gasteiger partial charge in [0.1, 0.15) is 11.4 Å². The van der Waals surface area contributed by atoms with Gasteiger partial charge in [-0.15, -0.1) is 0 Å². The maximum absolute atomic E-state index is 12.5. The molecule has 2 rings (SSSR count). The normalized spacial score (nSPS) is 21.5. The third-order valence-electron chi connectivity index (χ3n) is 3.68. The van der Waals surface area contributed by atoms with Crippen LogP contribution in [0.4, 0.5) is 0 Å². The molecule has 0 aromatic carbocycles. The van der Waals surface area contributed by atoms with Crippen LogP contribution in [0.1, 0.15) is 13.8 Å². The van der Waals surface area contributed by atoms with Gasteiger partial charge in [-0.05, 0) is 13.5 Å². The van der Waals surface area contributed by atoms with E-state index in [4.69, 9.17) is 5.11 Å². The lowest BCUT2D eigenvalue weighted by molar-refractivity contribution is -0.137. The minimum atomic E-state index is -3.61. The Kier molecular flexibility index (Phi) is 4.64.